The van der Waals surface area contributed by atoms with Crippen LogP contribution < -0.4 is 16.4 Å². The maximum absolute atomic E-state index is 11.8. The number of nitrogens with two attached hydrogens (primary N) is 1. The normalized spacial score (nSPS) is 21.8. The summed E-state index contributed by atoms with van der Waals surface area (Å²) in [5.41, 5.74) is 6.18. The standard InChI is InChI=1S/C15H27N5O2/c1-15(2,3)22-14(21)19-13-11(9-18-20-13)8-17-12-6-4-5-10(12)7-16/h9-10,12,17H,4-8,16H2,1-3H3,(H2,18,19,20,21). The molecule has 1 amide bonds. The van der Waals surface area contributed by atoms with Crippen LogP contribution in [0.4, 0.5) is 10.6 Å². The molecule has 1 heterocycles. The summed E-state index contributed by atoms with van der Waals surface area (Å²) in [6.07, 6.45) is 4.77. The minimum absolute atomic E-state index is 0.439. The third-order valence-corrected chi connectivity index (χ3v) is 3.86. The molecule has 22 heavy (non-hydrogen) atoms. The summed E-state index contributed by atoms with van der Waals surface area (Å²) < 4.78 is 5.24. The highest BCUT2D eigenvalue weighted by Crippen LogP contribution is 2.25. The largest absolute Gasteiger partial charge is 0.444 e. The zero-order valence-corrected chi connectivity index (χ0v) is 13.6. The van der Waals surface area contributed by atoms with Crippen LogP contribution in [0.25, 0.3) is 0 Å². The molecule has 2 atom stereocenters. The van der Waals surface area contributed by atoms with Crippen molar-refractivity contribution in [3.63, 3.8) is 0 Å². The molecule has 0 saturated heterocycles. The summed E-state index contributed by atoms with van der Waals surface area (Å²) in [4.78, 5) is 11.8. The van der Waals surface area contributed by atoms with E-state index in [0.717, 1.165) is 12.0 Å². The number of nitrogens with one attached hydrogen (secondary N) is 3. The first-order chi connectivity index (χ1) is 10.4. The molecule has 1 aromatic rings. The van der Waals surface area contributed by atoms with E-state index in [1.165, 1.54) is 12.8 Å². The molecule has 1 saturated carbocycles. The fourth-order valence-corrected chi connectivity index (χ4v) is 2.79. The number of H-pyrrole nitrogens is 1. The molecule has 1 aliphatic carbocycles. The van der Waals surface area contributed by atoms with Gasteiger partial charge < -0.3 is 15.8 Å². The highest BCUT2D eigenvalue weighted by Gasteiger charge is 2.26. The average molecular weight is 309 g/mol. The predicted molar refractivity (Wildman–Crippen MR) is 85.5 cm³/mol. The zero-order chi connectivity index (χ0) is 16.2. The minimum atomic E-state index is -0.527. The van der Waals surface area contributed by atoms with Gasteiger partial charge in [0.15, 0.2) is 0 Å². The molecular weight excluding hydrogens is 282 g/mol. The monoisotopic (exact) mass is 309 g/mol. The Kier molecular flexibility index (Phi) is 5.42. The van der Waals surface area contributed by atoms with Crippen molar-refractivity contribution in [1.82, 2.24) is 15.5 Å². The molecule has 5 N–H and O–H groups in total. The van der Waals surface area contributed by atoms with E-state index in [2.05, 4.69) is 20.8 Å². The lowest BCUT2D eigenvalue weighted by Crippen LogP contribution is -2.35. The average Bonchev–Trinajstić information content (AvgIpc) is 3.02. The number of carbonyl (C=O) groups is 1. The number of aromatic amines is 1. The smallest absolute Gasteiger partial charge is 0.413 e. The lowest BCUT2D eigenvalue weighted by Gasteiger charge is -2.20. The fourth-order valence-electron chi connectivity index (χ4n) is 2.79. The van der Waals surface area contributed by atoms with Crippen LogP contribution >= 0.6 is 0 Å². The Morgan fingerprint density at radius 2 is 2.27 bits per heavy atom. The van der Waals surface area contributed by atoms with Gasteiger partial charge in [-0.15, -0.1) is 0 Å². The molecule has 2 unspecified atom stereocenters. The van der Waals surface area contributed by atoms with Crippen LogP contribution in [0.1, 0.15) is 45.6 Å². The first-order valence-electron chi connectivity index (χ1n) is 7.84. The number of carbonyl (C=O) groups excluding carboxylic acids is 1. The Labute approximate surface area is 131 Å². The summed E-state index contributed by atoms with van der Waals surface area (Å²) in [7, 11) is 0. The number of aromatic nitrogens is 2. The molecule has 7 heteroatoms. The summed E-state index contributed by atoms with van der Waals surface area (Å²) in [5.74, 6) is 1.11. The predicted octanol–water partition coefficient (Wildman–Crippen LogP) is 1.97. The summed E-state index contributed by atoms with van der Waals surface area (Å²) in [5, 5.41) is 13.0. The second kappa shape index (κ2) is 7.11. The number of anilines is 1. The first-order valence-corrected chi connectivity index (χ1v) is 7.84. The molecule has 1 aromatic heterocycles. The Bertz CT molecular complexity index is 494. The zero-order valence-electron chi connectivity index (χ0n) is 13.6. The van der Waals surface area contributed by atoms with Crippen LogP contribution in [0.15, 0.2) is 6.20 Å². The van der Waals surface area contributed by atoms with Crippen molar-refractivity contribution in [3.8, 4) is 0 Å². The maximum Gasteiger partial charge on any atom is 0.413 e. The number of rotatable bonds is 5. The highest BCUT2D eigenvalue weighted by molar-refractivity contribution is 5.84. The van der Waals surface area contributed by atoms with Gasteiger partial charge in [-0.2, -0.15) is 5.10 Å². The van der Waals surface area contributed by atoms with Crippen LogP contribution in [0, 0.1) is 5.92 Å². The molecule has 0 aromatic carbocycles. The SMILES string of the molecule is CC(C)(C)OC(=O)Nc1[nH]ncc1CNC1CCCC1CN. The van der Waals surface area contributed by atoms with Crippen LogP contribution in [0.2, 0.25) is 0 Å². The van der Waals surface area contributed by atoms with Crippen molar-refractivity contribution in [3.05, 3.63) is 11.8 Å². The first kappa shape index (κ1) is 16.8. The third kappa shape index (κ3) is 4.71. The molecular formula is C15H27N5O2. The molecule has 1 aliphatic rings. The number of hydrogen-bond acceptors (Lipinski definition) is 5. The van der Waals surface area contributed by atoms with E-state index in [-0.39, 0.29) is 0 Å². The molecule has 0 radical (unpaired) electrons. The molecule has 124 valence electrons. The van der Waals surface area contributed by atoms with Gasteiger partial charge in [-0.25, -0.2) is 4.79 Å². The Morgan fingerprint density at radius 1 is 1.50 bits per heavy atom. The molecule has 0 aliphatic heterocycles. The van der Waals surface area contributed by atoms with Gasteiger partial charge >= 0.3 is 6.09 Å². The second-order valence-electron chi connectivity index (χ2n) is 6.81. The fraction of sp³-hybridized carbons (Fsp3) is 0.733. The summed E-state index contributed by atoms with van der Waals surface area (Å²) in [6.45, 7) is 6.84. The molecule has 1 fully saturated rings. The Balaban J connectivity index is 1.88. The minimum Gasteiger partial charge on any atom is -0.444 e. The van der Waals surface area contributed by atoms with Crippen molar-refractivity contribution >= 4 is 11.9 Å². The topological polar surface area (TPSA) is 105 Å². The van der Waals surface area contributed by atoms with Gasteiger partial charge in [-0.1, -0.05) is 6.42 Å². The van der Waals surface area contributed by atoms with Crippen LogP contribution in [0.5, 0.6) is 0 Å². The third-order valence-electron chi connectivity index (χ3n) is 3.86. The van der Waals surface area contributed by atoms with Gasteiger partial charge in [-0.3, -0.25) is 10.4 Å². The van der Waals surface area contributed by atoms with Crippen molar-refractivity contribution in [2.24, 2.45) is 11.7 Å². The Morgan fingerprint density at radius 3 is 2.95 bits per heavy atom. The van der Waals surface area contributed by atoms with Crippen molar-refractivity contribution in [2.75, 3.05) is 11.9 Å². The van der Waals surface area contributed by atoms with Crippen LogP contribution in [-0.4, -0.2) is 34.5 Å². The summed E-state index contributed by atoms with van der Waals surface area (Å²) >= 11 is 0. The number of hydrogen-bond donors (Lipinski definition) is 4. The maximum atomic E-state index is 11.8. The van der Waals surface area contributed by atoms with Crippen molar-refractivity contribution < 1.29 is 9.53 Å². The van der Waals surface area contributed by atoms with Gasteiger partial charge in [0.1, 0.15) is 11.4 Å². The lowest BCUT2D eigenvalue weighted by molar-refractivity contribution is 0.0635. The second-order valence-corrected chi connectivity index (χ2v) is 6.81. The van der Waals surface area contributed by atoms with E-state index in [0.29, 0.717) is 30.9 Å². The van der Waals surface area contributed by atoms with Crippen molar-refractivity contribution in [1.29, 1.82) is 0 Å². The number of amides is 1. The lowest BCUT2D eigenvalue weighted by atomic mass is 10.0. The number of ether oxygens (including phenoxy) is 1. The summed E-state index contributed by atoms with van der Waals surface area (Å²) in [6, 6.07) is 0.439. The van der Waals surface area contributed by atoms with E-state index < -0.39 is 11.7 Å². The van der Waals surface area contributed by atoms with Crippen molar-refractivity contribution in [2.45, 2.75) is 58.2 Å². The van der Waals surface area contributed by atoms with Gasteiger partial charge in [0.25, 0.3) is 0 Å². The van der Waals surface area contributed by atoms with Gasteiger partial charge in [-0.05, 0) is 46.1 Å². The quantitative estimate of drug-likeness (QED) is 0.665. The number of nitrogens with zero attached hydrogens (tertiary/aromatic N) is 1. The van der Waals surface area contributed by atoms with E-state index in [1.807, 2.05) is 20.8 Å². The van der Waals surface area contributed by atoms with Gasteiger partial charge in [0.05, 0.1) is 6.20 Å². The molecule has 2 rings (SSSR count). The molecule has 0 spiro atoms. The van der Waals surface area contributed by atoms with Gasteiger partial charge in [0, 0.05) is 18.2 Å². The van der Waals surface area contributed by atoms with E-state index >= 15 is 0 Å². The van der Waals surface area contributed by atoms with E-state index in [1.54, 1.807) is 6.20 Å². The van der Waals surface area contributed by atoms with Crippen LogP contribution in [-0.2, 0) is 11.3 Å². The molecule has 7 nitrogen and oxygen atoms in total. The van der Waals surface area contributed by atoms with E-state index in [9.17, 15) is 4.79 Å². The molecule has 0 bridgehead atoms. The Hall–Kier alpha value is -1.60. The van der Waals surface area contributed by atoms with Crippen LogP contribution in [0.3, 0.4) is 0 Å². The van der Waals surface area contributed by atoms with E-state index in [4.69, 9.17) is 10.5 Å². The highest BCUT2D eigenvalue weighted by atomic mass is 16.6. The van der Waals surface area contributed by atoms with Gasteiger partial charge in [0.2, 0.25) is 0 Å².